The van der Waals surface area contributed by atoms with Crippen LogP contribution in [-0.2, 0) is 0 Å². The number of aromatic nitrogens is 4. The molecule has 2 aliphatic carbocycles. The van der Waals surface area contributed by atoms with Gasteiger partial charge in [0.2, 0.25) is 5.95 Å². The molecule has 2 aliphatic rings. The average Bonchev–Trinajstić information content (AvgIpc) is 3.53. The number of nitrogens with one attached hydrogen (secondary N) is 3. The molecular formula is C26H36Cl2N8. The van der Waals surface area contributed by atoms with Crippen LogP contribution in [0.15, 0.2) is 24.5 Å². The van der Waals surface area contributed by atoms with Gasteiger partial charge in [0, 0.05) is 36.4 Å². The maximum absolute atomic E-state index is 6.16. The molecular weight excluding hydrogens is 495 g/mol. The molecule has 0 amide bonds. The lowest BCUT2D eigenvalue weighted by Gasteiger charge is -2.27. The monoisotopic (exact) mass is 530 g/mol. The van der Waals surface area contributed by atoms with Crippen LogP contribution >= 0.6 is 23.2 Å². The molecule has 36 heavy (non-hydrogen) atoms. The van der Waals surface area contributed by atoms with E-state index in [1.165, 1.54) is 25.7 Å². The van der Waals surface area contributed by atoms with E-state index in [1.807, 2.05) is 24.5 Å². The van der Waals surface area contributed by atoms with Crippen molar-refractivity contribution in [3.05, 3.63) is 34.6 Å². The van der Waals surface area contributed by atoms with E-state index in [1.54, 1.807) is 0 Å². The van der Waals surface area contributed by atoms with E-state index in [4.69, 9.17) is 43.9 Å². The zero-order chi connectivity index (χ0) is 25.1. The lowest BCUT2D eigenvalue weighted by Crippen LogP contribution is -2.33. The Labute approximate surface area is 222 Å². The van der Waals surface area contributed by atoms with Crippen LogP contribution in [0.1, 0.15) is 70.8 Å². The average molecular weight is 532 g/mol. The van der Waals surface area contributed by atoms with Crippen LogP contribution in [0.4, 0.5) is 17.5 Å². The summed E-state index contributed by atoms with van der Waals surface area (Å²) in [4.78, 5) is 14.5. The minimum absolute atomic E-state index is 0.229. The molecule has 1 aromatic carbocycles. The summed E-state index contributed by atoms with van der Waals surface area (Å²) in [6.07, 6.45) is 11.9. The molecule has 0 radical (unpaired) electrons. The Kier molecular flexibility index (Phi) is 8.03. The van der Waals surface area contributed by atoms with Crippen molar-refractivity contribution in [3.63, 3.8) is 0 Å². The van der Waals surface area contributed by atoms with E-state index in [2.05, 4.69) is 27.4 Å². The zero-order valence-corrected chi connectivity index (χ0v) is 22.3. The van der Waals surface area contributed by atoms with Crippen LogP contribution in [0.2, 0.25) is 10.0 Å². The third-order valence-electron chi connectivity index (χ3n) is 7.45. The fourth-order valence-corrected chi connectivity index (χ4v) is 5.65. The second-order valence-electron chi connectivity index (χ2n) is 10.3. The van der Waals surface area contributed by atoms with Crippen LogP contribution in [0, 0.1) is 0 Å². The Morgan fingerprint density at radius 3 is 2.58 bits per heavy atom. The Balaban J connectivity index is 1.30. The lowest BCUT2D eigenvalue weighted by molar-refractivity contribution is 0.410. The number of anilines is 3. The van der Waals surface area contributed by atoms with Gasteiger partial charge in [-0.25, -0.2) is 4.98 Å². The fourth-order valence-electron chi connectivity index (χ4n) is 5.35. The molecule has 2 fully saturated rings. The molecule has 2 saturated carbocycles. The Bertz CT molecular complexity index is 1170. The molecule has 0 saturated heterocycles. The van der Waals surface area contributed by atoms with Crippen LogP contribution in [0.5, 0.6) is 0 Å². The van der Waals surface area contributed by atoms with Gasteiger partial charge in [-0.2, -0.15) is 9.97 Å². The summed E-state index contributed by atoms with van der Waals surface area (Å²) in [6, 6.07) is 6.97. The van der Waals surface area contributed by atoms with Gasteiger partial charge in [-0.05, 0) is 70.1 Å². The van der Waals surface area contributed by atoms with Crippen LogP contribution in [0.3, 0.4) is 0 Å². The van der Waals surface area contributed by atoms with Gasteiger partial charge < -0.3 is 26.3 Å². The minimum Gasteiger partial charge on any atom is -0.382 e. The highest BCUT2D eigenvalue weighted by molar-refractivity contribution is 6.42. The minimum atomic E-state index is 0.229. The lowest BCUT2D eigenvalue weighted by atomic mass is 9.92. The van der Waals surface area contributed by atoms with E-state index < -0.39 is 0 Å². The number of fused-ring (bicyclic) bond motifs is 1. The van der Waals surface area contributed by atoms with Crippen molar-refractivity contribution in [1.82, 2.24) is 19.5 Å². The highest BCUT2D eigenvalue weighted by atomic mass is 35.5. The third kappa shape index (κ3) is 5.98. The molecule has 5 N–H and O–H groups in total. The summed E-state index contributed by atoms with van der Waals surface area (Å²) in [5.41, 5.74) is 8.81. The summed E-state index contributed by atoms with van der Waals surface area (Å²) in [5.74, 6) is 1.46. The molecule has 2 heterocycles. The van der Waals surface area contributed by atoms with E-state index in [9.17, 15) is 0 Å². The molecule has 0 aliphatic heterocycles. The van der Waals surface area contributed by atoms with Gasteiger partial charge in [0.25, 0.3) is 0 Å². The fraction of sp³-hybridized carbons (Fsp3) is 0.577. The molecule has 1 atom stereocenters. The standard InChI is InChI=1S/C26H36Cl2N8/c1-16(32-19-10-11-21(27)22(28)14-19)12-13-30-24-23-25(36(15-31-23)20-4-2-3-5-20)35-26(34-24)33-18-8-6-17(29)7-9-18/h10-11,14-18,20,32H,2-9,12-13,29H2,1H3,(H2,30,33,34,35). The van der Waals surface area contributed by atoms with E-state index in [-0.39, 0.29) is 6.04 Å². The third-order valence-corrected chi connectivity index (χ3v) is 8.19. The quantitative estimate of drug-likeness (QED) is 0.259. The maximum atomic E-state index is 6.16. The van der Waals surface area contributed by atoms with E-state index in [0.717, 1.165) is 61.3 Å². The smallest absolute Gasteiger partial charge is 0.227 e. The molecule has 2 aromatic heterocycles. The molecule has 8 nitrogen and oxygen atoms in total. The molecule has 3 aromatic rings. The number of rotatable bonds is 9. The van der Waals surface area contributed by atoms with Crippen molar-refractivity contribution in [2.24, 2.45) is 5.73 Å². The van der Waals surface area contributed by atoms with Crippen molar-refractivity contribution < 1.29 is 0 Å². The molecule has 10 heteroatoms. The molecule has 194 valence electrons. The molecule has 5 rings (SSSR count). The van der Waals surface area contributed by atoms with Gasteiger partial charge in [0.05, 0.1) is 16.4 Å². The summed E-state index contributed by atoms with van der Waals surface area (Å²) < 4.78 is 2.26. The summed E-state index contributed by atoms with van der Waals surface area (Å²) >= 11 is 12.2. The first-order valence-electron chi connectivity index (χ1n) is 13.2. The first-order chi connectivity index (χ1) is 17.5. The number of imidazole rings is 1. The van der Waals surface area contributed by atoms with E-state index in [0.29, 0.717) is 34.1 Å². The summed E-state index contributed by atoms with van der Waals surface area (Å²) in [7, 11) is 0. The van der Waals surface area contributed by atoms with Crippen molar-refractivity contribution in [2.75, 3.05) is 22.5 Å². The van der Waals surface area contributed by atoms with Gasteiger partial charge in [0.15, 0.2) is 17.0 Å². The van der Waals surface area contributed by atoms with Gasteiger partial charge in [-0.1, -0.05) is 36.0 Å². The van der Waals surface area contributed by atoms with Crippen molar-refractivity contribution in [2.45, 2.75) is 88.9 Å². The molecule has 0 bridgehead atoms. The SMILES string of the molecule is CC(CCNc1nc(NC2CCC(N)CC2)nc2c1ncn2C1CCCC1)Nc1ccc(Cl)c(Cl)c1. The number of hydrogen-bond donors (Lipinski definition) is 4. The molecule has 0 spiro atoms. The van der Waals surface area contributed by atoms with Crippen LogP contribution in [0.25, 0.3) is 11.2 Å². The highest BCUT2D eigenvalue weighted by Crippen LogP contribution is 2.33. The number of hydrogen-bond acceptors (Lipinski definition) is 7. The Morgan fingerprint density at radius 1 is 1.06 bits per heavy atom. The zero-order valence-electron chi connectivity index (χ0n) is 20.8. The largest absolute Gasteiger partial charge is 0.382 e. The van der Waals surface area contributed by atoms with Gasteiger partial charge >= 0.3 is 0 Å². The second-order valence-corrected chi connectivity index (χ2v) is 11.1. The van der Waals surface area contributed by atoms with Crippen LogP contribution < -0.4 is 21.7 Å². The number of halogens is 2. The topological polar surface area (TPSA) is 106 Å². The first-order valence-corrected chi connectivity index (χ1v) is 13.9. The summed E-state index contributed by atoms with van der Waals surface area (Å²) in [5, 5.41) is 11.7. The van der Waals surface area contributed by atoms with Crippen molar-refractivity contribution in [1.29, 1.82) is 0 Å². The van der Waals surface area contributed by atoms with Crippen molar-refractivity contribution in [3.8, 4) is 0 Å². The first kappa shape index (κ1) is 25.4. The normalized spacial score (nSPS) is 21.6. The number of nitrogens with zero attached hydrogens (tertiary/aromatic N) is 4. The van der Waals surface area contributed by atoms with Crippen LogP contribution in [-0.4, -0.2) is 44.2 Å². The van der Waals surface area contributed by atoms with Gasteiger partial charge in [0.1, 0.15) is 0 Å². The van der Waals surface area contributed by atoms with Gasteiger partial charge in [-0.3, -0.25) is 0 Å². The Hall–Kier alpha value is -2.29. The van der Waals surface area contributed by atoms with Crippen molar-refractivity contribution >= 4 is 51.8 Å². The second kappa shape index (κ2) is 11.4. The van der Waals surface area contributed by atoms with Gasteiger partial charge in [-0.15, -0.1) is 0 Å². The number of benzene rings is 1. The predicted octanol–water partition coefficient (Wildman–Crippen LogP) is 6.23. The highest BCUT2D eigenvalue weighted by Gasteiger charge is 2.24. The predicted molar refractivity (Wildman–Crippen MR) is 149 cm³/mol. The van der Waals surface area contributed by atoms with E-state index >= 15 is 0 Å². The number of nitrogens with two attached hydrogens (primary N) is 1. The Morgan fingerprint density at radius 2 is 1.83 bits per heavy atom. The summed E-state index contributed by atoms with van der Waals surface area (Å²) in [6.45, 7) is 2.89. The molecule has 1 unspecified atom stereocenters. The maximum Gasteiger partial charge on any atom is 0.227 e.